The molecule has 2 atom stereocenters. The summed E-state index contributed by atoms with van der Waals surface area (Å²) in [7, 11) is 2.14. The first-order valence-electron chi connectivity index (χ1n) is 7.55. The smallest absolute Gasteiger partial charge is 0.0312 e. The quantitative estimate of drug-likeness (QED) is 0.849. The van der Waals surface area contributed by atoms with Crippen LogP contribution >= 0.6 is 0 Å². The molecule has 3 nitrogen and oxygen atoms in total. The number of aromatic nitrogens is 1. The Morgan fingerprint density at radius 1 is 1.14 bits per heavy atom. The largest absolute Gasteiger partial charge is 0.329 e. The first kappa shape index (κ1) is 15.7. The van der Waals surface area contributed by atoms with E-state index >= 15 is 0 Å². The van der Waals surface area contributed by atoms with Gasteiger partial charge in [-0.25, -0.2) is 0 Å². The molecule has 1 heterocycles. The van der Waals surface area contributed by atoms with Crippen LogP contribution in [0.15, 0.2) is 54.9 Å². The molecule has 0 amide bonds. The predicted molar refractivity (Wildman–Crippen MR) is 88.0 cm³/mol. The summed E-state index contributed by atoms with van der Waals surface area (Å²) < 4.78 is 0. The molecule has 3 heteroatoms. The zero-order valence-electron chi connectivity index (χ0n) is 12.9. The van der Waals surface area contributed by atoms with Crippen molar-refractivity contribution in [2.24, 2.45) is 5.73 Å². The molecule has 0 aliphatic heterocycles. The van der Waals surface area contributed by atoms with E-state index in [1.165, 1.54) is 11.1 Å². The highest BCUT2D eigenvalue weighted by Gasteiger charge is 2.17. The second-order valence-corrected chi connectivity index (χ2v) is 5.71. The number of nitrogens with two attached hydrogens (primary N) is 1. The molecule has 2 rings (SSSR count). The van der Waals surface area contributed by atoms with Crippen LogP contribution in [0.2, 0.25) is 0 Å². The molecule has 0 spiro atoms. The minimum absolute atomic E-state index is 0.375. The van der Waals surface area contributed by atoms with Gasteiger partial charge in [0.25, 0.3) is 0 Å². The van der Waals surface area contributed by atoms with Crippen LogP contribution < -0.4 is 5.73 Å². The molecule has 1 aromatic carbocycles. The Bertz CT molecular complexity index is 513. The van der Waals surface area contributed by atoms with Gasteiger partial charge in [-0.3, -0.25) is 9.88 Å². The number of nitrogens with zero attached hydrogens (tertiary/aromatic N) is 2. The SMILES string of the molecule is CC(CC(CN)N(C)Cc1cccnc1)c1ccccc1. The van der Waals surface area contributed by atoms with Crippen molar-refractivity contribution in [2.75, 3.05) is 13.6 Å². The summed E-state index contributed by atoms with van der Waals surface area (Å²) in [6, 6.07) is 15.1. The van der Waals surface area contributed by atoms with Crippen molar-refractivity contribution >= 4 is 0 Å². The summed E-state index contributed by atoms with van der Waals surface area (Å²) in [4.78, 5) is 6.50. The molecule has 1 aromatic heterocycles. The van der Waals surface area contributed by atoms with Crippen LogP contribution in [0.25, 0.3) is 0 Å². The van der Waals surface area contributed by atoms with Crippen molar-refractivity contribution in [3.8, 4) is 0 Å². The molecule has 2 unspecified atom stereocenters. The van der Waals surface area contributed by atoms with Gasteiger partial charge in [0.15, 0.2) is 0 Å². The molecular weight excluding hydrogens is 258 g/mol. The van der Waals surface area contributed by atoms with Gasteiger partial charge in [-0.05, 0) is 36.6 Å². The second-order valence-electron chi connectivity index (χ2n) is 5.71. The van der Waals surface area contributed by atoms with Crippen molar-refractivity contribution in [1.82, 2.24) is 9.88 Å². The lowest BCUT2D eigenvalue weighted by atomic mass is 9.93. The maximum absolute atomic E-state index is 6.00. The normalized spacial score (nSPS) is 14.1. The van der Waals surface area contributed by atoms with Crippen molar-refractivity contribution in [1.29, 1.82) is 0 Å². The van der Waals surface area contributed by atoms with Crippen LogP contribution in [-0.2, 0) is 6.54 Å². The van der Waals surface area contributed by atoms with E-state index in [4.69, 9.17) is 5.73 Å². The van der Waals surface area contributed by atoms with Gasteiger partial charge in [0.05, 0.1) is 0 Å². The molecular formula is C18H25N3. The zero-order chi connectivity index (χ0) is 15.1. The third kappa shape index (κ3) is 4.66. The van der Waals surface area contributed by atoms with Gasteiger partial charge in [0.1, 0.15) is 0 Å². The number of hydrogen-bond acceptors (Lipinski definition) is 3. The molecule has 0 aliphatic rings. The van der Waals surface area contributed by atoms with E-state index in [-0.39, 0.29) is 0 Å². The van der Waals surface area contributed by atoms with Gasteiger partial charge in [-0.15, -0.1) is 0 Å². The highest BCUT2D eigenvalue weighted by molar-refractivity contribution is 5.19. The van der Waals surface area contributed by atoms with Crippen molar-refractivity contribution in [3.05, 3.63) is 66.0 Å². The van der Waals surface area contributed by atoms with Gasteiger partial charge < -0.3 is 5.73 Å². The van der Waals surface area contributed by atoms with Crippen LogP contribution in [0.1, 0.15) is 30.4 Å². The molecule has 0 fully saturated rings. The van der Waals surface area contributed by atoms with E-state index < -0.39 is 0 Å². The van der Waals surface area contributed by atoms with Gasteiger partial charge in [-0.1, -0.05) is 43.3 Å². The van der Waals surface area contributed by atoms with Crippen molar-refractivity contribution in [3.63, 3.8) is 0 Å². The Labute approximate surface area is 127 Å². The fourth-order valence-corrected chi connectivity index (χ4v) is 2.69. The third-order valence-corrected chi connectivity index (χ3v) is 4.04. The van der Waals surface area contributed by atoms with Crippen LogP contribution in [0.5, 0.6) is 0 Å². The summed E-state index contributed by atoms with van der Waals surface area (Å²) in [5.74, 6) is 0.510. The Kier molecular flexibility index (Phi) is 5.90. The fraction of sp³-hybridized carbons (Fsp3) is 0.389. The number of benzene rings is 1. The molecule has 0 aliphatic carbocycles. The lowest BCUT2D eigenvalue weighted by molar-refractivity contribution is 0.219. The van der Waals surface area contributed by atoms with Crippen LogP contribution in [-0.4, -0.2) is 29.5 Å². The minimum Gasteiger partial charge on any atom is -0.329 e. The van der Waals surface area contributed by atoms with E-state index in [0.29, 0.717) is 18.5 Å². The Hall–Kier alpha value is -1.71. The standard InChI is InChI=1S/C18H25N3/c1-15(17-8-4-3-5-9-17)11-18(12-19)21(2)14-16-7-6-10-20-13-16/h3-10,13,15,18H,11-12,14,19H2,1-2H3. The first-order valence-corrected chi connectivity index (χ1v) is 7.55. The fourth-order valence-electron chi connectivity index (χ4n) is 2.69. The summed E-state index contributed by atoms with van der Waals surface area (Å²) in [5.41, 5.74) is 8.60. The molecule has 0 saturated carbocycles. The highest BCUT2D eigenvalue weighted by atomic mass is 15.1. The molecule has 112 valence electrons. The average molecular weight is 283 g/mol. The maximum atomic E-state index is 6.00. The van der Waals surface area contributed by atoms with Gasteiger partial charge in [0, 0.05) is 31.5 Å². The highest BCUT2D eigenvalue weighted by Crippen LogP contribution is 2.22. The summed E-state index contributed by atoms with van der Waals surface area (Å²) in [6.45, 7) is 3.83. The lowest BCUT2D eigenvalue weighted by Crippen LogP contribution is -2.38. The van der Waals surface area contributed by atoms with E-state index in [9.17, 15) is 0 Å². The third-order valence-electron chi connectivity index (χ3n) is 4.04. The summed E-state index contributed by atoms with van der Waals surface area (Å²) in [6.07, 6.45) is 4.80. The maximum Gasteiger partial charge on any atom is 0.0312 e. The topological polar surface area (TPSA) is 42.1 Å². The molecule has 0 radical (unpaired) electrons. The summed E-state index contributed by atoms with van der Waals surface area (Å²) >= 11 is 0. The molecule has 0 saturated heterocycles. The molecule has 0 bridgehead atoms. The predicted octanol–water partition coefficient (Wildman–Crippen LogP) is 3.03. The lowest BCUT2D eigenvalue weighted by Gasteiger charge is -2.29. The number of likely N-dealkylation sites (N-methyl/N-ethyl adjacent to an activating group) is 1. The van der Waals surface area contributed by atoms with Gasteiger partial charge in [-0.2, -0.15) is 0 Å². The average Bonchev–Trinajstić information content (AvgIpc) is 2.54. The van der Waals surface area contributed by atoms with Crippen LogP contribution in [0, 0.1) is 0 Å². The number of rotatable bonds is 7. The van der Waals surface area contributed by atoms with E-state index in [1.807, 2.05) is 12.3 Å². The van der Waals surface area contributed by atoms with E-state index in [2.05, 4.69) is 60.3 Å². The van der Waals surface area contributed by atoms with E-state index in [1.54, 1.807) is 6.20 Å². The number of hydrogen-bond donors (Lipinski definition) is 1. The Morgan fingerprint density at radius 3 is 2.52 bits per heavy atom. The van der Waals surface area contributed by atoms with Gasteiger partial charge >= 0.3 is 0 Å². The molecule has 2 aromatic rings. The van der Waals surface area contributed by atoms with Crippen LogP contribution in [0.3, 0.4) is 0 Å². The van der Waals surface area contributed by atoms with E-state index in [0.717, 1.165) is 13.0 Å². The number of pyridine rings is 1. The molecule has 2 N–H and O–H groups in total. The monoisotopic (exact) mass is 283 g/mol. The second kappa shape index (κ2) is 7.91. The Balaban J connectivity index is 1.96. The molecule has 21 heavy (non-hydrogen) atoms. The van der Waals surface area contributed by atoms with Crippen molar-refractivity contribution < 1.29 is 0 Å². The van der Waals surface area contributed by atoms with Gasteiger partial charge in [0.2, 0.25) is 0 Å². The van der Waals surface area contributed by atoms with Crippen LogP contribution in [0.4, 0.5) is 0 Å². The summed E-state index contributed by atoms with van der Waals surface area (Å²) in [5, 5.41) is 0. The van der Waals surface area contributed by atoms with Crippen molar-refractivity contribution in [2.45, 2.75) is 31.8 Å². The zero-order valence-corrected chi connectivity index (χ0v) is 12.9. The minimum atomic E-state index is 0.375. The first-order chi connectivity index (χ1) is 10.2. The Morgan fingerprint density at radius 2 is 1.90 bits per heavy atom.